The molecule has 4 rings (SSSR count). The van der Waals surface area contributed by atoms with Crippen molar-refractivity contribution in [3.8, 4) is 11.6 Å². The summed E-state index contributed by atoms with van der Waals surface area (Å²) < 4.78 is 5.29. The number of hydrogen-bond donors (Lipinski definition) is 1. The van der Waals surface area contributed by atoms with E-state index in [1.165, 1.54) is 11.3 Å². The lowest BCUT2D eigenvalue weighted by Gasteiger charge is -2.22. The van der Waals surface area contributed by atoms with Crippen LogP contribution < -0.4 is 10.2 Å². The van der Waals surface area contributed by atoms with Crippen molar-refractivity contribution in [1.29, 1.82) is 0 Å². The largest absolute Gasteiger partial charge is 0.355 e. The van der Waals surface area contributed by atoms with Crippen LogP contribution in [-0.2, 0) is 12.8 Å². The van der Waals surface area contributed by atoms with Gasteiger partial charge in [-0.25, -0.2) is 0 Å². The summed E-state index contributed by atoms with van der Waals surface area (Å²) in [5.41, 5.74) is 3.26. The van der Waals surface area contributed by atoms with Crippen molar-refractivity contribution in [3.63, 3.8) is 0 Å². The monoisotopic (exact) mass is 348 g/mol. The van der Waals surface area contributed by atoms with Gasteiger partial charge < -0.3 is 14.7 Å². The van der Waals surface area contributed by atoms with E-state index < -0.39 is 0 Å². The number of aromatic nitrogens is 3. The third kappa shape index (κ3) is 3.28. The summed E-state index contributed by atoms with van der Waals surface area (Å²) in [5, 5.41) is 7.42. The maximum Gasteiger partial charge on any atom is 0.276 e. The van der Waals surface area contributed by atoms with Gasteiger partial charge in [0.05, 0.1) is 0 Å². The van der Waals surface area contributed by atoms with E-state index >= 15 is 0 Å². The molecule has 1 aromatic carbocycles. The number of anilines is 1. The van der Waals surface area contributed by atoms with E-state index in [9.17, 15) is 0 Å². The molecule has 0 bridgehead atoms. The second-order valence-corrected chi connectivity index (χ2v) is 5.99. The second-order valence-electron chi connectivity index (χ2n) is 5.99. The molecule has 2 aromatic heterocycles. The molecule has 0 radical (unpaired) electrons. The molecular weight excluding hydrogens is 328 g/mol. The maximum atomic E-state index is 5.29. The molecule has 26 heavy (non-hydrogen) atoms. The van der Waals surface area contributed by atoms with Gasteiger partial charge in [-0.15, -0.1) is 0 Å². The van der Waals surface area contributed by atoms with Crippen LogP contribution in [-0.4, -0.2) is 41.2 Å². The first-order valence-corrected chi connectivity index (χ1v) is 8.65. The topological polar surface area (TPSA) is 79.4 Å². The highest BCUT2D eigenvalue weighted by Crippen LogP contribution is 2.27. The minimum atomic E-state index is 0.443. The van der Waals surface area contributed by atoms with E-state index in [0.29, 0.717) is 30.4 Å². The molecule has 0 spiro atoms. The number of pyridine rings is 1. The SMILES string of the molecule is CN=C(NCCc1noc(-c2ccccn2)n1)N1CCc2ccccc21. The zero-order valence-electron chi connectivity index (χ0n) is 14.6. The number of fused-ring (bicyclic) bond motifs is 1. The Morgan fingerprint density at radius 2 is 2.12 bits per heavy atom. The summed E-state index contributed by atoms with van der Waals surface area (Å²) in [6.07, 6.45) is 3.39. The number of hydrogen-bond acceptors (Lipinski definition) is 5. The predicted molar refractivity (Wildman–Crippen MR) is 100 cm³/mol. The number of nitrogens with one attached hydrogen (secondary N) is 1. The van der Waals surface area contributed by atoms with Gasteiger partial charge in [-0.1, -0.05) is 29.4 Å². The molecule has 0 fully saturated rings. The van der Waals surface area contributed by atoms with Gasteiger partial charge in [0.2, 0.25) is 0 Å². The zero-order valence-corrected chi connectivity index (χ0v) is 14.6. The molecule has 0 aliphatic carbocycles. The molecule has 7 heteroatoms. The fourth-order valence-corrected chi connectivity index (χ4v) is 3.09. The molecule has 0 atom stereocenters. The molecule has 1 aliphatic rings. The Kier molecular flexibility index (Phi) is 4.59. The molecule has 132 valence electrons. The van der Waals surface area contributed by atoms with E-state index in [4.69, 9.17) is 4.52 Å². The molecule has 0 amide bonds. The van der Waals surface area contributed by atoms with E-state index in [-0.39, 0.29) is 0 Å². The number of rotatable bonds is 4. The quantitative estimate of drug-likeness (QED) is 0.576. The minimum Gasteiger partial charge on any atom is -0.355 e. The minimum absolute atomic E-state index is 0.443. The van der Waals surface area contributed by atoms with Crippen molar-refractivity contribution in [2.75, 3.05) is 25.0 Å². The number of guanidine groups is 1. The fourth-order valence-electron chi connectivity index (χ4n) is 3.09. The molecule has 0 unspecified atom stereocenters. The summed E-state index contributed by atoms with van der Waals surface area (Å²) in [7, 11) is 1.80. The van der Waals surface area contributed by atoms with Gasteiger partial charge in [-0.05, 0) is 30.2 Å². The molecule has 1 N–H and O–H groups in total. The van der Waals surface area contributed by atoms with Crippen LogP contribution in [0.25, 0.3) is 11.6 Å². The Morgan fingerprint density at radius 1 is 1.23 bits per heavy atom. The predicted octanol–water partition coefficient (Wildman–Crippen LogP) is 2.31. The van der Waals surface area contributed by atoms with E-state index in [2.05, 4.69) is 54.6 Å². The van der Waals surface area contributed by atoms with Crippen molar-refractivity contribution >= 4 is 11.6 Å². The van der Waals surface area contributed by atoms with Gasteiger partial charge >= 0.3 is 0 Å². The normalized spacial score (nSPS) is 13.7. The Bertz CT molecular complexity index is 905. The average Bonchev–Trinajstić information content (AvgIpc) is 3.33. The van der Waals surface area contributed by atoms with Crippen LogP contribution in [0.1, 0.15) is 11.4 Å². The first-order chi connectivity index (χ1) is 12.8. The van der Waals surface area contributed by atoms with Crippen molar-refractivity contribution in [1.82, 2.24) is 20.4 Å². The van der Waals surface area contributed by atoms with Gasteiger partial charge in [0, 0.05) is 38.4 Å². The van der Waals surface area contributed by atoms with E-state index in [1.807, 2.05) is 18.2 Å². The highest BCUT2D eigenvalue weighted by Gasteiger charge is 2.22. The number of benzene rings is 1. The van der Waals surface area contributed by atoms with Crippen molar-refractivity contribution in [2.45, 2.75) is 12.8 Å². The van der Waals surface area contributed by atoms with Crippen LogP contribution in [0.15, 0.2) is 58.2 Å². The lowest BCUT2D eigenvalue weighted by atomic mass is 10.2. The Hall–Kier alpha value is -3.22. The van der Waals surface area contributed by atoms with E-state index in [0.717, 1.165) is 18.9 Å². The molecule has 7 nitrogen and oxygen atoms in total. The number of nitrogens with zero attached hydrogens (tertiary/aromatic N) is 5. The molecule has 0 saturated heterocycles. The van der Waals surface area contributed by atoms with Crippen molar-refractivity contribution < 1.29 is 4.52 Å². The van der Waals surface area contributed by atoms with Crippen molar-refractivity contribution in [2.24, 2.45) is 4.99 Å². The zero-order chi connectivity index (χ0) is 17.8. The smallest absolute Gasteiger partial charge is 0.276 e. The van der Waals surface area contributed by atoms with Crippen LogP contribution in [0.5, 0.6) is 0 Å². The van der Waals surface area contributed by atoms with Crippen LogP contribution in [0, 0.1) is 0 Å². The van der Waals surface area contributed by atoms with Crippen LogP contribution >= 0.6 is 0 Å². The second kappa shape index (κ2) is 7.35. The highest BCUT2D eigenvalue weighted by molar-refractivity contribution is 5.97. The molecule has 0 saturated carbocycles. The van der Waals surface area contributed by atoms with Gasteiger partial charge in [0.15, 0.2) is 11.8 Å². The summed E-state index contributed by atoms with van der Waals surface area (Å²) in [6.45, 7) is 1.61. The fraction of sp³-hybridized carbons (Fsp3) is 0.263. The lowest BCUT2D eigenvalue weighted by molar-refractivity contribution is 0.421. The first kappa shape index (κ1) is 16.3. The third-order valence-electron chi connectivity index (χ3n) is 4.34. The summed E-state index contributed by atoms with van der Waals surface area (Å²) in [6, 6.07) is 14.0. The number of aliphatic imine (C=N–C) groups is 1. The van der Waals surface area contributed by atoms with Gasteiger partial charge in [-0.3, -0.25) is 9.98 Å². The lowest BCUT2D eigenvalue weighted by Crippen LogP contribution is -2.41. The summed E-state index contributed by atoms with van der Waals surface area (Å²) in [5.74, 6) is 1.96. The Morgan fingerprint density at radius 3 is 2.96 bits per heavy atom. The highest BCUT2D eigenvalue weighted by atomic mass is 16.5. The average molecular weight is 348 g/mol. The first-order valence-electron chi connectivity index (χ1n) is 8.65. The van der Waals surface area contributed by atoms with Crippen LogP contribution in [0.3, 0.4) is 0 Å². The third-order valence-corrected chi connectivity index (χ3v) is 4.34. The maximum absolute atomic E-state index is 5.29. The van der Waals surface area contributed by atoms with E-state index in [1.54, 1.807) is 13.2 Å². The Labute approximate surface area is 151 Å². The standard InChI is InChI=1S/C19H20N6O/c1-20-19(25-13-10-14-6-2-3-8-16(14)25)22-12-9-17-23-18(26-24-17)15-7-4-5-11-21-15/h2-8,11H,9-10,12-13H2,1H3,(H,20,22). The van der Waals surface area contributed by atoms with Gasteiger partial charge in [-0.2, -0.15) is 4.98 Å². The molecule has 1 aliphatic heterocycles. The summed E-state index contributed by atoms with van der Waals surface area (Å²) in [4.78, 5) is 15.2. The van der Waals surface area contributed by atoms with Crippen LogP contribution in [0.2, 0.25) is 0 Å². The molecule has 3 heterocycles. The van der Waals surface area contributed by atoms with Gasteiger partial charge in [0.1, 0.15) is 5.69 Å². The number of para-hydroxylation sites is 1. The Balaban J connectivity index is 1.37. The van der Waals surface area contributed by atoms with Crippen molar-refractivity contribution in [3.05, 3.63) is 60.0 Å². The molecular formula is C19H20N6O. The molecule has 3 aromatic rings. The summed E-state index contributed by atoms with van der Waals surface area (Å²) >= 11 is 0. The van der Waals surface area contributed by atoms with Crippen LogP contribution in [0.4, 0.5) is 5.69 Å². The van der Waals surface area contributed by atoms with Gasteiger partial charge in [0.25, 0.3) is 5.89 Å².